The largest absolute Gasteiger partial charge is 0.461 e. The molecule has 1 N–H and O–H groups in total. The Morgan fingerprint density at radius 3 is 1.38 bits per heavy atom. The van der Waals surface area contributed by atoms with Crippen molar-refractivity contribution in [3.05, 3.63) is 0 Å². The van der Waals surface area contributed by atoms with E-state index in [-0.39, 0.29) is 57.0 Å². The van der Waals surface area contributed by atoms with Gasteiger partial charge in [0.1, 0.15) is 18.8 Å². The molecule has 0 aromatic rings. The van der Waals surface area contributed by atoms with Crippen LogP contribution in [0.3, 0.4) is 0 Å². The monoisotopic (exact) mass is 744 g/mol. The Morgan fingerprint density at radius 1 is 0.500 bits per heavy atom. The lowest BCUT2D eigenvalue weighted by Gasteiger charge is -2.23. The number of nitrogens with zero attached hydrogens (tertiary/aromatic N) is 1. The fraction of sp³-hybridized carbons (Fsp3) is 0.953. The van der Waals surface area contributed by atoms with Gasteiger partial charge < -0.3 is 33.7 Å². The lowest BCUT2D eigenvalue weighted by Crippen LogP contribution is -2.33. The normalized spacial score (nSPS) is 13.0. The molecule has 0 saturated heterocycles. The molecule has 0 aliphatic carbocycles. The van der Waals surface area contributed by atoms with Crippen molar-refractivity contribution in [3.8, 4) is 0 Å². The first-order valence-corrected chi connectivity index (χ1v) is 21.8. The molecule has 2 atom stereocenters. The Balaban J connectivity index is 5.05. The molecule has 52 heavy (non-hydrogen) atoms. The van der Waals surface area contributed by atoms with E-state index in [1.54, 1.807) is 0 Å². The third kappa shape index (κ3) is 34.5. The minimum Gasteiger partial charge on any atom is -0.461 e. The zero-order valence-electron chi connectivity index (χ0n) is 35.0. The summed E-state index contributed by atoms with van der Waals surface area (Å²) in [6.07, 6.45) is 26.5. The van der Waals surface area contributed by atoms with E-state index < -0.39 is 12.4 Å². The Labute approximate surface area is 321 Å². The molecule has 0 aliphatic heterocycles. The number of hydrogen-bond donors (Lipinski definition) is 1. The third-order valence-electron chi connectivity index (χ3n) is 9.54. The van der Waals surface area contributed by atoms with Gasteiger partial charge in [-0.15, -0.1) is 0 Å². The van der Waals surface area contributed by atoms with Crippen LogP contribution in [0.15, 0.2) is 0 Å². The first-order valence-electron chi connectivity index (χ1n) is 21.8. The fourth-order valence-corrected chi connectivity index (χ4v) is 6.40. The number of aliphatic hydroxyl groups excluding tert-OH is 1. The number of unbranched alkanes of at least 4 members (excludes halogenated alkanes) is 16. The summed E-state index contributed by atoms with van der Waals surface area (Å²) in [5.41, 5.74) is 0. The molecule has 310 valence electrons. The predicted molar refractivity (Wildman–Crippen MR) is 214 cm³/mol. The summed E-state index contributed by atoms with van der Waals surface area (Å²) in [5.74, 6) is -0.723. The van der Waals surface area contributed by atoms with Crippen molar-refractivity contribution in [2.24, 2.45) is 0 Å². The molecule has 2 unspecified atom stereocenters. The quantitative estimate of drug-likeness (QED) is 0.0373. The molecule has 0 fully saturated rings. The number of carbonyl (C=O) groups is 2. The van der Waals surface area contributed by atoms with Gasteiger partial charge in [-0.05, 0) is 65.6 Å². The standard InChI is InChI=1S/C43H85NO8/c1-7-11-15-19-23-28-38(29-24-20-16-12-8-2)50-42(46)36-48-34-40(52-41(45)32-27-33-44(5)6)35-49-37-43(47)51-39(30-25-21-17-13-9-3)31-26-22-18-14-10-4/h38-40,42,46H,7-37H2,1-6H3. The van der Waals surface area contributed by atoms with Gasteiger partial charge in [0, 0.05) is 6.42 Å². The maximum atomic E-state index is 12.9. The van der Waals surface area contributed by atoms with Gasteiger partial charge in [-0.2, -0.15) is 0 Å². The molecule has 0 aromatic heterocycles. The van der Waals surface area contributed by atoms with Crippen LogP contribution in [-0.2, 0) is 33.3 Å². The lowest BCUT2D eigenvalue weighted by atomic mass is 10.0. The maximum absolute atomic E-state index is 12.9. The van der Waals surface area contributed by atoms with Gasteiger partial charge in [0.05, 0.1) is 25.9 Å². The van der Waals surface area contributed by atoms with Crippen LogP contribution in [0.2, 0.25) is 0 Å². The molecule has 0 aliphatic rings. The predicted octanol–water partition coefficient (Wildman–Crippen LogP) is 10.3. The molecule has 0 aromatic carbocycles. The molecule has 0 amide bonds. The van der Waals surface area contributed by atoms with Crippen LogP contribution in [-0.4, -0.2) is 93.6 Å². The van der Waals surface area contributed by atoms with Gasteiger partial charge in [-0.25, -0.2) is 4.79 Å². The summed E-state index contributed by atoms with van der Waals surface area (Å²) in [7, 11) is 3.94. The Bertz CT molecular complexity index is 754. The summed E-state index contributed by atoms with van der Waals surface area (Å²) in [6.45, 7) is 9.44. The van der Waals surface area contributed by atoms with Gasteiger partial charge >= 0.3 is 11.9 Å². The van der Waals surface area contributed by atoms with Gasteiger partial charge in [-0.1, -0.05) is 143 Å². The van der Waals surface area contributed by atoms with E-state index in [0.29, 0.717) is 6.42 Å². The van der Waals surface area contributed by atoms with E-state index in [9.17, 15) is 14.7 Å². The highest BCUT2D eigenvalue weighted by atomic mass is 16.6. The first-order chi connectivity index (χ1) is 25.2. The first kappa shape index (κ1) is 50.7. The number of carbonyl (C=O) groups excluding carboxylic acids is 2. The number of esters is 2. The maximum Gasteiger partial charge on any atom is 0.332 e. The van der Waals surface area contributed by atoms with Gasteiger partial charge in [0.2, 0.25) is 0 Å². The van der Waals surface area contributed by atoms with Crippen LogP contribution in [0.5, 0.6) is 0 Å². The topological polar surface area (TPSA) is 104 Å². The van der Waals surface area contributed by atoms with E-state index in [1.807, 2.05) is 19.0 Å². The number of rotatable bonds is 40. The van der Waals surface area contributed by atoms with Gasteiger partial charge in [-0.3, -0.25) is 4.79 Å². The van der Waals surface area contributed by atoms with Crippen molar-refractivity contribution >= 4 is 11.9 Å². The van der Waals surface area contributed by atoms with E-state index in [2.05, 4.69) is 27.7 Å². The Morgan fingerprint density at radius 2 is 0.923 bits per heavy atom. The number of ether oxygens (including phenoxy) is 5. The van der Waals surface area contributed by atoms with Crippen LogP contribution in [0.1, 0.15) is 195 Å². The molecule has 9 heteroatoms. The smallest absolute Gasteiger partial charge is 0.332 e. The summed E-state index contributed by atoms with van der Waals surface area (Å²) < 4.78 is 29.3. The highest BCUT2D eigenvalue weighted by Crippen LogP contribution is 2.19. The highest BCUT2D eigenvalue weighted by molar-refractivity contribution is 5.71. The van der Waals surface area contributed by atoms with Crippen molar-refractivity contribution in [1.29, 1.82) is 0 Å². The van der Waals surface area contributed by atoms with E-state index in [1.165, 1.54) is 89.9 Å². The second kappa shape index (κ2) is 38.0. The fourth-order valence-electron chi connectivity index (χ4n) is 6.40. The zero-order chi connectivity index (χ0) is 38.5. The Hall–Kier alpha value is -1.26. The van der Waals surface area contributed by atoms with Crippen LogP contribution in [0, 0.1) is 0 Å². The second-order valence-electron chi connectivity index (χ2n) is 15.2. The van der Waals surface area contributed by atoms with Crippen molar-refractivity contribution in [2.75, 3.05) is 47.1 Å². The van der Waals surface area contributed by atoms with Crippen molar-refractivity contribution in [1.82, 2.24) is 4.90 Å². The van der Waals surface area contributed by atoms with Crippen LogP contribution >= 0.6 is 0 Å². The molecule has 0 saturated carbocycles. The van der Waals surface area contributed by atoms with E-state index >= 15 is 0 Å². The molecule has 0 rings (SSSR count). The molecule has 0 radical (unpaired) electrons. The molecule has 0 spiro atoms. The molecule has 0 heterocycles. The van der Waals surface area contributed by atoms with E-state index in [4.69, 9.17) is 23.7 Å². The summed E-state index contributed by atoms with van der Waals surface area (Å²) >= 11 is 0. The average Bonchev–Trinajstić information content (AvgIpc) is 3.10. The van der Waals surface area contributed by atoms with Crippen LogP contribution in [0.25, 0.3) is 0 Å². The summed E-state index contributed by atoms with van der Waals surface area (Å²) in [4.78, 5) is 27.5. The minimum absolute atomic E-state index is 0.00183. The molecule has 0 bridgehead atoms. The van der Waals surface area contributed by atoms with Crippen LogP contribution in [0.4, 0.5) is 0 Å². The number of hydrogen-bond acceptors (Lipinski definition) is 9. The van der Waals surface area contributed by atoms with Crippen molar-refractivity contribution in [2.45, 2.75) is 219 Å². The lowest BCUT2D eigenvalue weighted by molar-refractivity contribution is -0.180. The second-order valence-corrected chi connectivity index (χ2v) is 15.2. The molecular weight excluding hydrogens is 658 g/mol. The number of aliphatic hydroxyl groups is 1. The van der Waals surface area contributed by atoms with Gasteiger partial charge in [0.25, 0.3) is 0 Å². The van der Waals surface area contributed by atoms with Gasteiger partial charge in [0.15, 0.2) is 6.29 Å². The van der Waals surface area contributed by atoms with Crippen LogP contribution < -0.4 is 0 Å². The Kier molecular flexibility index (Phi) is 37.1. The van der Waals surface area contributed by atoms with E-state index in [0.717, 1.165) is 70.8 Å². The molecular formula is C43H85NO8. The highest BCUT2D eigenvalue weighted by Gasteiger charge is 2.20. The third-order valence-corrected chi connectivity index (χ3v) is 9.54. The van der Waals surface area contributed by atoms with Crippen molar-refractivity contribution in [3.63, 3.8) is 0 Å². The van der Waals surface area contributed by atoms with Crippen molar-refractivity contribution < 1.29 is 38.4 Å². The zero-order valence-corrected chi connectivity index (χ0v) is 35.0. The SMILES string of the molecule is CCCCCCCC(CCCCCCC)OC(=O)COCC(COCC(O)OC(CCCCCCC)CCCCCCC)OC(=O)CCCN(C)C. The minimum atomic E-state index is -1.07. The average molecular weight is 744 g/mol. The summed E-state index contributed by atoms with van der Waals surface area (Å²) in [6, 6.07) is 0. The molecule has 9 nitrogen and oxygen atoms in total. The summed E-state index contributed by atoms with van der Waals surface area (Å²) in [5, 5.41) is 10.8.